The van der Waals surface area contributed by atoms with Gasteiger partial charge in [0.1, 0.15) is 17.4 Å². The molecule has 0 saturated carbocycles. The molecular weight excluding hydrogens is 344 g/mol. The first-order chi connectivity index (χ1) is 12.0. The van der Waals surface area contributed by atoms with Gasteiger partial charge in [0.2, 0.25) is 5.88 Å². The van der Waals surface area contributed by atoms with Gasteiger partial charge in [0, 0.05) is 29.5 Å². The second-order valence-electron chi connectivity index (χ2n) is 5.77. The third-order valence-electron chi connectivity index (χ3n) is 4.42. The Morgan fingerprint density at radius 3 is 2.60 bits per heavy atom. The van der Waals surface area contributed by atoms with E-state index in [2.05, 4.69) is 6.07 Å². The first kappa shape index (κ1) is 17.2. The molecule has 1 aliphatic heterocycles. The van der Waals surface area contributed by atoms with Crippen LogP contribution in [0.2, 0.25) is 5.02 Å². The predicted molar refractivity (Wildman–Crippen MR) is 91.1 cm³/mol. The number of hydrogen-bond donors (Lipinski definition) is 1. The summed E-state index contributed by atoms with van der Waals surface area (Å²) in [5.74, 6) is 0.708. The van der Waals surface area contributed by atoms with E-state index < -0.39 is 5.92 Å². The molecule has 6 nitrogen and oxygen atoms in total. The van der Waals surface area contributed by atoms with Crippen molar-refractivity contribution in [1.29, 1.82) is 5.26 Å². The summed E-state index contributed by atoms with van der Waals surface area (Å²) in [7, 11) is 3.01. The highest BCUT2D eigenvalue weighted by Gasteiger charge is 2.39. The summed E-state index contributed by atoms with van der Waals surface area (Å²) >= 11 is 6.44. The van der Waals surface area contributed by atoms with E-state index >= 15 is 0 Å². The molecule has 0 bridgehead atoms. The van der Waals surface area contributed by atoms with Crippen LogP contribution in [0.3, 0.4) is 0 Å². The van der Waals surface area contributed by atoms with Gasteiger partial charge in [0.15, 0.2) is 17.3 Å². The first-order valence-corrected chi connectivity index (χ1v) is 8.14. The van der Waals surface area contributed by atoms with E-state index in [1.807, 2.05) is 0 Å². The Bertz CT molecular complexity index is 851. The smallest absolute Gasteiger partial charge is 0.205 e. The van der Waals surface area contributed by atoms with Gasteiger partial charge in [-0.15, -0.1) is 0 Å². The molecule has 2 aliphatic rings. The highest BCUT2D eigenvalue weighted by molar-refractivity contribution is 6.31. The fourth-order valence-electron chi connectivity index (χ4n) is 3.26. The molecule has 0 radical (unpaired) electrons. The molecule has 3 rings (SSSR count). The Labute approximate surface area is 150 Å². The molecule has 0 aromatic heterocycles. The lowest BCUT2D eigenvalue weighted by atomic mass is 9.77. The van der Waals surface area contributed by atoms with Crippen molar-refractivity contribution in [3.8, 4) is 17.6 Å². The molecule has 0 fully saturated rings. The topological polar surface area (TPSA) is 94.6 Å². The zero-order valence-electron chi connectivity index (χ0n) is 13.9. The SMILES string of the molecule is COc1cc(Cl)c(C2C(C#N)=C(N)OC3=C2C(=O)CCC3)cc1OC. The number of halogens is 1. The first-order valence-electron chi connectivity index (χ1n) is 7.77. The van der Waals surface area contributed by atoms with Gasteiger partial charge in [-0.2, -0.15) is 5.26 Å². The van der Waals surface area contributed by atoms with Crippen LogP contribution in [0.4, 0.5) is 0 Å². The van der Waals surface area contributed by atoms with Crippen molar-refractivity contribution in [2.24, 2.45) is 5.73 Å². The lowest BCUT2D eigenvalue weighted by Crippen LogP contribution is -2.27. The maximum absolute atomic E-state index is 12.6. The van der Waals surface area contributed by atoms with Gasteiger partial charge in [-0.1, -0.05) is 11.6 Å². The molecule has 1 unspecified atom stereocenters. The Hall–Kier alpha value is -2.65. The molecule has 0 spiro atoms. The molecule has 0 amide bonds. The second kappa shape index (κ2) is 6.69. The average molecular weight is 361 g/mol. The average Bonchev–Trinajstić information content (AvgIpc) is 2.60. The third-order valence-corrected chi connectivity index (χ3v) is 4.75. The van der Waals surface area contributed by atoms with Crippen molar-refractivity contribution in [3.05, 3.63) is 45.5 Å². The fourth-order valence-corrected chi connectivity index (χ4v) is 3.52. The summed E-state index contributed by atoms with van der Waals surface area (Å²) in [6.07, 6.45) is 1.70. The van der Waals surface area contributed by atoms with E-state index in [0.717, 1.165) is 0 Å². The van der Waals surface area contributed by atoms with Crippen LogP contribution < -0.4 is 15.2 Å². The van der Waals surface area contributed by atoms with Crippen LogP contribution in [0.1, 0.15) is 30.7 Å². The highest BCUT2D eigenvalue weighted by atomic mass is 35.5. The lowest BCUT2D eigenvalue weighted by Gasteiger charge is -2.31. The van der Waals surface area contributed by atoms with E-state index in [1.165, 1.54) is 14.2 Å². The number of ketones is 1. The highest BCUT2D eigenvalue weighted by Crippen LogP contribution is 2.47. The van der Waals surface area contributed by atoms with Crippen molar-refractivity contribution < 1.29 is 19.0 Å². The molecule has 1 aromatic carbocycles. The number of hydrogen-bond acceptors (Lipinski definition) is 6. The molecular formula is C18H17ClN2O4. The van der Waals surface area contributed by atoms with Crippen molar-refractivity contribution >= 4 is 17.4 Å². The number of ether oxygens (including phenoxy) is 3. The molecule has 1 aliphatic carbocycles. The van der Waals surface area contributed by atoms with Crippen LogP contribution in [0, 0.1) is 11.3 Å². The van der Waals surface area contributed by atoms with Crippen LogP contribution in [0.5, 0.6) is 11.5 Å². The summed E-state index contributed by atoms with van der Waals surface area (Å²) in [5, 5.41) is 9.94. The zero-order chi connectivity index (χ0) is 18.1. The number of nitrogens with zero attached hydrogens (tertiary/aromatic N) is 1. The predicted octanol–water partition coefficient (Wildman–Crippen LogP) is 3.17. The van der Waals surface area contributed by atoms with Crippen LogP contribution in [-0.4, -0.2) is 20.0 Å². The molecule has 7 heteroatoms. The summed E-state index contributed by atoms with van der Waals surface area (Å²) < 4.78 is 16.1. The summed E-state index contributed by atoms with van der Waals surface area (Å²) in [4.78, 5) is 12.6. The van der Waals surface area contributed by atoms with Crippen LogP contribution in [0.15, 0.2) is 34.9 Å². The minimum Gasteiger partial charge on any atom is -0.493 e. The molecule has 1 aromatic rings. The van der Waals surface area contributed by atoms with E-state index in [9.17, 15) is 10.1 Å². The van der Waals surface area contributed by atoms with E-state index in [4.69, 9.17) is 31.5 Å². The van der Waals surface area contributed by atoms with Crippen molar-refractivity contribution in [3.63, 3.8) is 0 Å². The van der Waals surface area contributed by atoms with E-state index in [1.54, 1.807) is 12.1 Å². The quantitative estimate of drug-likeness (QED) is 0.889. The van der Waals surface area contributed by atoms with Gasteiger partial charge in [-0.3, -0.25) is 4.79 Å². The number of Topliss-reactive ketones (excluding diaryl/α,β-unsaturated/α-hetero) is 1. The van der Waals surface area contributed by atoms with Gasteiger partial charge in [0.25, 0.3) is 0 Å². The normalized spacial score (nSPS) is 19.9. The van der Waals surface area contributed by atoms with Crippen LogP contribution >= 0.6 is 11.6 Å². The molecule has 130 valence electrons. The number of allylic oxidation sites excluding steroid dienone is 3. The van der Waals surface area contributed by atoms with Crippen molar-refractivity contribution in [1.82, 2.24) is 0 Å². The Morgan fingerprint density at radius 1 is 1.28 bits per heavy atom. The molecule has 0 saturated heterocycles. The minimum atomic E-state index is -0.672. The Kier molecular flexibility index (Phi) is 4.60. The number of methoxy groups -OCH3 is 2. The van der Waals surface area contributed by atoms with Crippen molar-refractivity contribution in [2.45, 2.75) is 25.2 Å². The lowest BCUT2D eigenvalue weighted by molar-refractivity contribution is -0.116. The minimum absolute atomic E-state index is 0.00630. The summed E-state index contributed by atoms with van der Waals surface area (Å²) in [6, 6.07) is 5.34. The zero-order valence-corrected chi connectivity index (χ0v) is 14.6. The van der Waals surface area contributed by atoms with Gasteiger partial charge < -0.3 is 19.9 Å². The standard InChI is InChI=1S/C18H17ClN2O4/c1-23-14-6-9(11(19)7-15(14)24-2)16-10(8-20)18(21)25-13-5-3-4-12(22)17(13)16/h6-7,16H,3-5,21H2,1-2H3. The summed E-state index contributed by atoms with van der Waals surface area (Å²) in [5.41, 5.74) is 7.12. The number of nitriles is 1. The van der Waals surface area contributed by atoms with Crippen LogP contribution in [-0.2, 0) is 9.53 Å². The number of benzene rings is 1. The summed E-state index contributed by atoms with van der Waals surface area (Å²) in [6.45, 7) is 0. The maximum atomic E-state index is 12.6. The van der Waals surface area contributed by atoms with Gasteiger partial charge in [-0.05, 0) is 18.1 Å². The molecule has 2 N–H and O–H groups in total. The molecule has 25 heavy (non-hydrogen) atoms. The number of nitrogens with two attached hydrogens (primary N) is 1. The molecule has 1 heterocycles. The fraction of sp³-hybridized carbons (Fsp3) is 0.333. The number of carbonyl (C=O) groups excluding carboxylic acids is 1. The van der Waals surface area contributed by atoms with Gasteiger partial charge >= 0.3 is 0 Å². The third kappa shape index (κ3) is 2.81. The Balaban J connectivity index is 2.24. The number of carbonyl (C=O) groups is 1. The largest absolute Gasteiger partial charge is 0.493 e. The van der Waals surface area contributed by atoms with Crippen LogP contribution in [0.25, 0.3) is 0 Å². The van der Waals surface area contributed by atoms with E-state index in [-0.39, 0.29) is 17.2 Å². The second-order valence-corrected chi connectivity index (χ2v) is 6.17. The maximum Gasteiger partial charge on any atom is 0.205 e. The number of rotatable bonds is 3. The monoisotopic (exact) mass is 360 g/mol. The van der Waals surface area contributed by atoms with Crippen molar-refractivity contribution in [2.75, 3.05) is 14.2 Å². The molecule has 1 atom stereocenters. The van der Waals surface area contributed by atoms with Gasteiger partial charge in [0.05, 0.1) is 20.1 Å². The Morgan fingerprint density at radius 2 is 1.96 bits per heavy atom. The van der Waals surface area contributed by atoms with Gasteiger partial charge in [-0.25, -0.2) is 0 Å². The van der Waals surface area contributed by atoms with E-state index in [0.29, 0.717) is 52.7 Å².